The predicted molar refractivity (Wildman–Crippen MR) is 135 cm³/mol. The first-order valence-corrected chi connectivity index (χ1v) is 12.1. The fraction of sp³-hybridized carbons (Fsp3) is 0.208. The van der Waals surface area contributed by atoms with Gasteiger partial charge in [-0.2, -0.15) is 0 Å². The van der Waals surface area contributed by atoms with Crippen LogP contribution in [-0.2, 0) is 16.1 Å². The predicted octanol–water partition coefficient (Wildman–Crippen LogP) is 4.49. The molecule has 0 fully saturated rings. The number of aromatic nitrogens is 3. The molecule has 3 aromatic heterocycles. The van der Waals surface area contributed by atoms with Crippen LogP contribution in [0, 0.1) is 20.8 Å². The summed E-state index contributed by atoms with van der Waals surface area (Å²) in [6.45, 7) is 9.08. The quantitative estimate of drug-likeness (QED) is 0.300. The fourth-order valence-corrected chi connectivity index (χ4v) is 5.14. The highest BCUT2D eigenvalue weighted by molar-refractivity contribution is 7.17. The number of rotatable bonds is 7. The first-order chi connectivity index (χ1) is 16.3. The van der Waals surface area contributed by atoms with E-state index in [0.29, 0.717) is 20.8 Å². The highest BCUT2D eigenvalue weighted by Crippen LogP contribution is 2.31. The van der Waals surface area contributed by atoms with Gasteiger partial charge in [0.1, 0.15) is 22.9 Å². The summed E-state index contributed by atoms with van der Waals surface area (Å²) < 4.78 is 6.30. The van der Waals surface area contributed by atoms with Crippen LogP contribution in [-0.4, -0.2) is 33.0 Å². The van der Waals surface area contributed by atoms with Crippen molar-refractivity contribution in [2.75, 3.05) is 11.9 Å². The van der Waals surface area contributed by atoms with Gasteiger partial charge >= 0.3 is 5.97 Å². The van der Waals surface area contributed by atoms with E-state index in [-0.39, 0.29) is 23.8 Å². The molecule has 1 N–H and O–H groups in total. The van der Waals surface area contributed by atoms with E-state index in [1.54, 1.807) is 6.92 Å². The molecule has 0 radical (unpaired) electrons. The second-order valence-corrected chi connectivity index (χ2v) is 9.53. The van der Waals surface area contributed by atoms with Crippen molar-refractivity contribution in [1.82, 2.24) is 14.5 Å². The van der Waals surface area contributed by atoms with Crippen LogP contribution in [0.15, 0.2) is 47.4 Å². The van der Waals surface area contributed by atoms with Gasteiger partial charge in [-0.3, -0.25) is 14.2 Å². The normalized spacial score (nSPS) is 10.9. The van der Waals surface area contributed by atoms with Crippen molar-refractivity contribution >= 4 is 49.9 Å². The van der Waals surface area contributed by atoms with Crippen LogP contribution in [0.5, 0.6) is 0 Å². The number of amides is 1. The summed E-state index contributed by atoms with van der Waals surface area (Å²) in [6.07, 6.45) is 2.84. The van der Waals surface area contributed by atoms with E-state index < -0.39 is 11.9 Å². The van der Waals surface area contributed by atoms with E-state index in [2.05, 4.69) is 21.9 Å². The summed E-state index contributed by atoms with van der Waals surface area (Å²) >= 11 is 2.41. The van der Waals surface area contributed by atoms with E-state index in [9.17, 15) is 14.4 Å². The molecular formula is C24H22N4O4S2. The van der Waals surface area contributed by atoms with Gasteiger partial charge in [-0.15, -0.1) is 11.3 Å². The van der Waals surface area contributed by atoms with Crippen LogP contribution >= 0.6 is 22.7 Å². The Hall–Kier alpha value is -3.63. The van der Waals surface area contributed by atoms with Gasteiger partial charge in [0.2, 0.25) is 5.91 Å². The van der Waals surface area contributed by atoms with Gasteiger partial charge in [-0.1, -0.05) is 42.2 Å². The van der Waals surface area contributed by atoms with E-state index >= 15 is 0 Å². The lowest BCUT2D eigenvalue weighted by molar-refractivity contribution is -0.116. The van der Waals surface area contributed by atoms with Gasteiger partial charge in [0.25, 0.3) is 5.56 Å². The SMILES string of the molecule is C=CCOC(=O)c1sc(NC(=O)Cn2cnc3scc(-c4ccc(C)c(C)c4)c3c2=O)nc1C. The minimum absolute atomic E-state index is 0.0863. The van der Waals surface area contributed by atoms with E-state index in [0.717, 1.165) is 28.0 Å². The second kappa shape index (κ2) is 9.70. The number of carbonyl (C=O) groups is 2. The van der Waals surface area contributed by atoms with Gasteiger partial charge in [0, 0.05) is 10.9 Å². The minimum Gasteiger partial charge on any atom is -0.457 e. The molecule has 10 heteroatoms. The van der Waals surface area contributed by atoms with E-state index in [1.165, 1.54) is 33.9 Å². The Morgan fingerprint density at radius 3 is 2.76 bits per heavy atom. The number of anilines is 1. The Morgan fingerprint density at radius 1 is 1.24 bits per heavy atom. The number of benzene rings is 1. The van der Waals surface area contributed by atoms with Crippen molar-refractivity contribution in [3.63, 3.8) is 0 Å². The van der Waals surface area contributed by atoms with Crippen molar-refractivity contribution in [2.24, 2.45) is 0 Å². The van der Waals surface area contributed by atoms with Crippen molar-refractivity contribution in [3.8, 4) is 11.1 Å². The number of nitrogens with one attached hydrogen (secondary N) is 1. The van der Waals surface area contributed by atoms with Crippen molar-refractivity contribution in [2.45, 2.75) is 27.3 Å². The monoisotopic (exact) mass is 494 g/mol. The summed E-state index contributed by atoms with van der Waals surface area (Å²) in [7, 11) is 0. The third kappa shape index (κ3) is 4.68. The zero-order chi connectivity index (χ0) is 24.4. The van der Waals surface area contributed by atoms with Crippen LogP contribution in [0.3, 0.4) is 0 Å². The maximum atomic E-state index is 13.2. The average molecular weight is 495 g/mol. The minimum atomic E-state index is -0.530. The highest BCUT2D eigenvalue weighted by Gasteiger charge is 2.19. The molecule has 1 amide bonds. The molecular weight excluding hydrogens is 472 g/mol. The maximum Gasteiger partial charge on any atom is 0.350 e. The zero-order valence-electron chi connectivity index (χ0n) is 18.9. The summed E-state index contributed by atoms with van der Waals surface area (Å²) in [5.74, 6) is -0.983. The summed E-state index contributed by atoms with van der Waals surface area (Å²) in [6, 6.07) is 6.05. The first-order valence-electron chi connectivity index (χ1n) is 10.4. The molecule has 0 unspecified atom stereocenters. The van der Waals surface area contributed by atoms with Crippen LogP contribution in [0.25, 0.3) is 21.3 Å². The van der Waals surface area contributed by atoms with E-state index in [4.69, 9.17) is 4.74 Å². The van der Waals surface area contributed by atoms with Crippen molar-refractivity contribution in [1.29, 1.82) is 0 Å². The number of fused-ring (bicyclic) bond motifs is 1. The Bertz CT molecular complexity index is 1480. The van der Waals surface area contributed by atoms with Crippen molar-refractivity contribution in [3.05, 3.63) is 74.6 Å². The Kier molecular flexibility index (Phi) is 6.71. The molecule has 0 saturated carbocycles. The number of aryl methyl sites for hydroxylation is 3. The average Bonchev–Trinajstić information content (AvgIpc) is 3.39. The molecule has 34 heavy (non-hydrogen) atoms. The number of carbonyl (C=O) groups excluding carboxylic acids is 2. The molecule has 1 aromatic carbocycles. The zero-order valence-corrected chi connectivity index (χ0v) is 20.5. The van der Waals surface area contributed by atoms with Crippen LogP contribution in [0.4, 0.5) is 5.13 Å². The van der Waals surface area contributed by atoms with Crippen LogP contribution < -0.4 is 10.9 Å². The topological polar surface area (TPSA) is 103 Å². The number of ether oxygens (including phenoxy) is 1. The number of thiazole rings is 1. The van der Waals surface area contributed by atoms with Gasteiger partial charge in [0.15, 0.2) is 5.13 Å². The molecule has 0 bridgehead atoms. The smallest absolute Gasteiger partial charge is 0.350 e. The third-order valence-corrected chi connectivity index (χ3v) is 7.19. The Morgan fingerprint density at radius 2 is 2.03 bits per heavy atom. The molecule has 0 saturated heterocycles. The summed E-state index contributed by atoms with van der Waals surface area (Å²) in [4.78, 5) is 47.5. The maximum absolute atomic E-state index is 13.2. The van der Waals surface area contributed by atoms with Gasteiger partial charge in [0.05, 0.1) is 17.4 Å². The number of esters is 1. The van der Waals surface area contributed by atoms with E-state index in [1.807, 2.05) is 37.4 Å². The van der Waals surface area contributed by atoms with Crippen LogP contribution in [0.2, 0.25) is 0 Å². The van der Waals surface area contributed by atoms with Crippen LogP contribution in [0.1, 0.15) is 26.5 Å². The van der Waals surface area contributed by atoms with Gasteiger partial charge in [-0.05, 0) is 37.5 Å². The molecule has 174 valence electrons. The number of hydrogen-bond donors (Lipinski definition) is 1. The van der Waals surface area contributed by atoms with Crippen molar-refractivity contribution < 1.29 is 14.3 Å². The third-order valence-electron chi connectivity index (χ3n) is 5.25. The highest BCUT2D eigenvalue weighted by atomic mass is 32.1. The Balaban J connectivity index is 1.57. The molecule has 3 heterocycles. The number of thiophene rings is 1. The standard InChI is InChI=1S/C24H22N4O4S2/c1-5-8-32-23(31)20-15(4)26-24(34-20)27-18(29)10-28-12-25-21-19(22(28)30)17(11-33-21)16-7-6-13(2)14(3)9-16/h5-7,9,11-12H,1,8,10H2,2-4H3,(H,26,27,29). The molecule has 0 spiro atoms. The first kappa shape index (κ1) is 23.5. The van der Waals surface area contributed by atoms with Gasteiger partial charge in [-0.25, -0.2) is 14.8 Å². The largest absolute Gasteiger partial charge is 0.457 e. The lowest BCUT2D eigenvalue weighted by Crippen LogP contribution is -2.27. The number of nitrogens with zero attached hydrogens (tertiary/aromatic N) is 3. The molecule has 0 atom stereocenters. The molecule has 0 aliphatic carbocycles. The lowest BCUT2D eigenvalue weighted by atomic mass is 10.0. The molecule has 4 rings (SSSR count). The van der Waals surface area contributed by atoms with Gasteiger partial charge < -0.3 is 10.1 Å². The number of hydrogen-bond acceptors (Lipinski definition) is 8. The lowest BCUT2D eigenvalue weighted by Gasteiger charge is -2.07. The fourth-order valence-electron chi connectivity index (χ4n) is 3.35. The second-order valence-electron chi connectivity index (χ2n) is 7.68. The molecule has 0 aliphatic heterocycles. The summed E-state index contributed by atoms with van der Waals surface area (Å²) in [5, 5.41) is 5.30. The molecule has 0 aliphatic rings. The molecule has 4 aromatic rings. The Labute approximate surface area is 203 Å². The summed E-state index contributed by atoms with van der Waals surface area (Å²) in [5.41, 5.74) is 4.19. The molecule has 8 nitrogen and oxygen atoms in total.